The third-order valence-electron chi connectivity index (χ3n) is 5.06. The zero-order chi connectivity index (χ0) is 20.4. The van der Waals surface area contributed by atoms with Crippen LogP contribution in [0.3, 0.4) is 0 Å². The lowest BCUT2D eigenvalue weighted by Crippen LogP contribution is -2.15. The minimum Gasteiger partial charge on any atom is -0.326 e. The summed E-state index contributed by atoms with van der Waals surface area (Å²) in [7, 11) is 0. The van der Waals surface area contributed by atoms with Crippen LogP contribution in [0.2, 0.25) is 0 Å². The van der Waals surface area contributed by atoms with Gasteiger partial charge in [-0.3, -0.25) is 14.2 Å². The molecule has 2 aromatic heterocycles. The van der Waals surface area contributed by atoms with Gasteiger partial charge in [0.25, 0.3) is 0 Å². The number of nitrogens with zero attached hydrogens (tertiary/aromatic N) is 4. The van der Waals surface area contributed by atoms with Gasteiger partial charge in [0.1, 0.15) is 0 Å². The van der Waals surface area contributed by atoms with Crippen molar-refractivity contribution in [3.8, 4) is 0 Å². The summed E-state index contributed by atoms with van der Waals surface area (Å²) in [5.74, 6) is -0.0227. The summed E-state index contributed by atoms with van der Waals surface area (Å²) in [5.41, 5.74) is 6.29. The number of aryl methyl sites for hydroxylation is 4. The summed E-state index contributed by atoms with van der Waals surface area (Å²) in [6, 6.07) is 16.1. The van der Waals surface area contributed by atoms with Crippen LogP contribution < -0.4 is 5.32 Å². The van der Waals surface area contributed by atoms with Gasteiger partial charge in [-0.05, 0) is 50.1 Å². The molecule has 1 N–H and O–H groups in total. The van der Waals surface area contributed by atoms with Crippen molar-refractivity contribution in [2.24, 2.45) is 0 Å². The number of aromatic nitrogens is 4. The zero-order valence-corrected chi connectivity index (χ0v) is 17.0. The molecule has 0 aliphatic heterocycles. The third kappa shape index (κ3) is 4.21. The quantitative estimate of drug-likeness (QED) is 0.538. The molecule has 0 saturated heterocycles. The molecule has 0 fully saturated rings. The highest BCUT2D eigenvalue weighted by Gasteiger charge is 2.09. The van der Waals surface area contributed by atoms with E-state index in [1.807, 2.05) is 65.8 Å². The molecular formula is C23H25N5O. The number of para-hydroxylation sites is 1. The van der Waals surface area contributed by atoms with Gasteiger partial charge in [0.15, 0.2) is 0 Å². The Labute approximate surface area is 170 Å². The number of rotatable bonds is 6. The summed E-state index contributed by atoms with van der Waals surface area (Å²) in [4.78, 5) is 12.5. The number of nitrogens with one attached hydrogen (secondary N) is 1. The predicted molar refractivity (Wildman–Crippen MR) is 115 cm³/mol. The van der Waals surface area contributed by atoms with Crippen molar-refractivity contribution in [2.75, 3.05) is 5.32 Å². The number of fused-ring (bicyclic) bond motifs is 1. The highest BCUT2D eigenvalue weighted by Crippen LogP contribution is 2.18. The van der Waals surface area contributed by atoms with Crippen LogP contribution in [0.15, 0.2) is 54.7 Å². The van der Waals surface area contributed by atoms with Gasteiger partial charge in [-0.15, -0.1) is 0 Å². The molecule has 0 aliphatic carbocycles. The molecule has 0 aliphatic rings. The fourth-order valence-corrected chi connectivity index (χ4v) is 3.68. The van der Waals surface area contributed by atoms with Gasteiger partial charge >= 0.3 is 0 Å². The Kier molecular flexibility index (Phi) is 5.16. The van der Waals surface area contributed by atoms with E-state index in [9.17, 15) is 4.79 Å². The van der Waals surface area contributed by atoms with Crippen LogP contribution in [0.4, 0.5) is 5.69 Å². The van der Waals surface area contributed by atoms with E-state index in [2.05, 4.69) is 34.6 Å². The highest BCUT2D eigenvalue weighted by atomic mass is 16.1. The molecule has 29 heavy (non-hydrogen) atoms. The second-order valence-corrected chi connectivity index (χ2v) is 7.46. The number of hydrogen-bond donors (Lipinski definition) is 1. The second-order valence-electron chi connectivity index (χ2n) is 7.46. The molecule has 1 amide bonds. The SMILES string of the molecule is Cc1cc(C)n(Cc2cccc(NC(=O)CCn3ncc4cccc(C)c43)c2)n1. The van der Waals surface area contributed by atoms with Crippen LogP contribution in [-0.4, -0.2) is 25.5 Å². The molecule has 0 radical (unpaired) electrons. The van der Waals surface area contributed by atoms with Gasteiger partial charge in [-0.2, -0.15) is 10.2 Å². The number of hydrogen-bond acceptors (Lipinski definition) is 3. The lowest BCUT2D eigenvalue weighted by molar-refractivity contribution is -0.116. The summed E-state index contributed by atoms with van der Waals surface area (Å²) >= 11 is 0. The van der Waals surface area contributed by atoms with E-state index in [4.69, 9.17) is 0 Å². The molecular weight excluding hydrogens is 362 g/mol. The number of amides is 1. The standard InChI is InChI=1S/C23H25N5O/c1-16-6-4-8-20-14-24-27(23(16)20)11-10-22(29)25-21-9-5-7-19(13-21)15-28-18(3)12-17(2)26-28/h4-9,12-14H,10-11,15H2,1-3H3,(H,25,29). The van der Waals surface area contributed by atoms with E-state index >= 15 is 0 Å². The lowest BCUT2D eigenvalue weighted by atomic mass is 10.1. The molecule has 0 saturated carbocycles. The van der Waals surface area contributed by atoms with Crippen LogP contribution in [0.1, 0.15) is 28.9 Å². The Balaban J connectivity index is 1.40. The largest absolute Gasteiger partial charge is 0.326 e. The summed E-state index contributed by atoms with van der Waals surface area (Å²) in [5, 5.41) is 13.0. The summed E-state index contributed by atoms with van der Waals surface area (Å²) < 4.78 is 3.88. The molecule has 0 atom stereocenters. The van der Waals surface area contributed by atoms with Gasteiger partial charge in [0.2, 0.25) is 5.91 Å². The Hall–Kier alpha value is -3.41. The van der Waals surface area contributed by atoms with Gasteiger partial charge in [0.05, 0.1) is 30.5 Å². The van der Waals surface area contributed by atoms with Crippen LogP contribution in [0.25, 0.3) is 10.9 Å². The number of carbonyl (C=O) groups excluding carboxylic acids is 1. The topological polar surface area (TPSA) is 64.7 Å². The minimum atomic E-state index is -0.0227. The minimum absolute atomic E-state index is 0.0227. The smallest absolute Gasteiger partial charge is 0.226 e. The number of benzene rings is 2. The predicted octanol–water partition coefficient (Wildman–Crippen LogP) is 4.24. The van der Waals surface area contributed by atoms with Crippen molar-refractivity contribution in [1.29, 1.82) is 0 Å². The lowest BCUT2D eigenvalue weighted by Gasteiger charge is -2.10. The normalized spacial score (nSPS) is 11.1. The van der Waals surface area contributed by atoms with Gasteiger partial charge in [0, 0.05) is 23.2 Å². The van der Waals surface area contributed by atoms with E-state index in [-0.39, 0.29) is 5.91 Å². The van der Waals surface area contributed by atoms with Crippen molar-refractivity contribution in [1.82, 2.24) is 19.6 Å². The number of anilines is 1. The first-order valence-electron chi connectivity index (χ1n) is 9.80. The molecule has 2 heterocycles. The van der Waals surface area contributed by atoms with Crippen molar-refractivity contribution >= 4 is 22.5 Å². The molecule has 148 valence electrons. The van der Waals surface area contributed by atoms with E-state index < -0.39 is 0 Å². The highest BCUT2D eigenvalue weighted by molar-refractivity contribution is 5.91. The Morgan fingerprint density at radius 2 is 1.86 bits per heavy atom. The average Bonchev–Trinajstić information content (AvgIpc) is 3.24. The summed E-state index contributed by atoms with van der Waals surface area (Å²) in [6.45, 7) is 7.33. The zero-order valence-electron chi connectivity index (χ0n) is 17.0. The van der Waals surface area contributed by atoms with Crippen molar-refractivity contribution in [3.05, 3.63) is 77.2 Å². The fourth-order valence-electron chi connectivity index (χ4n) is 3.68. The maximum absolute atomic E-state index is 12.5. The molecule has 2 aromatic carbocycles. The van der Waals surface area contributed by atoms with Gasteiger partial charge in [-0.1, -0.05) is 30.3 Å². The molecule has 6 nitrogen and oxygen atoms in total. The van der Waals surface area contributed by atoms with Gasteiger partial charge in [-0.25, -0.2) is 0 Å². The van der Waals surface area contributed by atoms with Crippen molar-refractivity contribution in [3.63, 3.8) is 0 Å². The first kappa shape index (κ1) is 18.9. The molecule has 0 unspecified atom stereocenters. The molecule has 0 bridgehead atoms. The Morgan fingerprint density at radius 3 is 2.66 bits per heavy atom. The van der Waals surface area contributed by atoms with Crippen molar-refractivity contribution < 1.29 is 4.79 Å². The van der Waals surface area contributed by atoms with Crippen LogP contribution >= 0.6 is 0 Å². The monoisotopic (exact) mass is 387 g/mol. The first-order valence-corrected chi connectivity index (χ1v) is 9.80. The van der Waals surface area contributed by atoms with Crippen LogP contribution in [0, 0.1) is 20.8 Å². The Morgan fingerprint density at radius 1 is 1.03 bits per heavy atom. The molecule has 6 heteroatoms. The maximum atomic E-state index is 12.5. The first-order chi connectivity index (χ1) is 14.0. The van der Waals surface area contributed by atoms with Gasteiger partial charge < -0.3 is 5.32 Å². The summed E-state index contributed by atoms with van der Waals surface area (Å²) in [6.07, 6.45) is 2.22. The fraction of sp³-hybridized carbons (Fsp3) is 0.261. The van der Waals surface area contributed by atoms with E-state index in [1.165, 1.54) is 0 Å². The van der Waals surface area contributed by atoms with Crippen LogP contribution in [0.5, 0.6) is 0 Å². The molecule has 0 spiro atoms. The Bertz CT molecular complexity index is 1170. The number of carbonyl (C=O) groups is 1. The molecule has 4 aromatic rings. The average molecular weight is 387 g/mol. The third-order valence-corrected chi connectivity index (χ3v) is 5.06. The van der Waals surface area contributed by atoms with E-state index in [1.54, 1.807) is 0 Å². The maximum Gasteiger partial charge on any atom is 0.226 e. The second kappa shape index (κ2) is 7.91. The van der Waals surface area contributed by atoms with Crippen LogP contribution in [-0.2, 0) is 17.9 Å². The van der Waals surface area contributed by atoms with Crippen molar-refractivity contribution in [2.45, 2.75) is 40.3 Å². The van der Waals surface area contributed by atoms with E-state index in [0.717, 1.165) is 39.1 Å². The van der Waals surface area contributed by atoms with E-state index in [0.29, 0.717) is 19.5 Å². The molecule has 4 rings (SSSR count).